The van der Waals surface area contributed by atoms with Crippen LogP contribution in [0.4, 0.5) is 16.2 Å². The largest absolute Gasteiger partial charge is 0.371 e. The summed E-state index contributed by atoms with van der Waals surface area (Å²) in [6.45, 7) is 6.87. The van der Waals surface area contributed by atoms with Crippen molar-refractivity contribution in [2.45, 2.75) is 32.4 Å². The van der Waals surface area contributed by atoms with E-state index in [2.05, 4.69) is 53.5 Å². The monoisotopic (exact) mass is 384 g/mol. The number of rotatable bonds is 5. The van der Waals surface area contributed by atoms with E-state index in [0.29, 0.717) is 6.04 Å². The number of benzene rings is 1. The molecule has 2 saturated heterocycles. The fourth-order valence-corrected chi connectivity index (χ4v) is 4.74. The molecule has 1 aromatic carbocycles. The molecule has 5 nitrogen and oxygen atoms in total. The minimum atomic E-state index is 0.0931. The van der Waals surface area contributed by atoms with Gasteiger partial charge in [0.1, 0.15) is 0 Å². The molecule has 0 aliphatic carbocycles. The number of aryl methyl sites for hydroxylation is 1. The Balaban J connectivity index is 1.28. The van der Waals surface area contributed by atoms with Crippen LogP contribution in [0.15, 0.2) is 36.4 Å². The summed E-state index contributed by atoms with van der Waals surface area (Å²) < 4.78 is 0. The van der Waals surface area contributed by atoms with Gasteiger partial charge in [0, 0.05) is 66.9 Å². The van der Waals surface area contributed by atoms with E-state index in [1.807, 2.05) is 23.3 Å². The average molecular weight is 385 g/mol. The number of carbonyl (C=O) groups is 1. The van der Waals surface area contributed by atoms with Crippen LogP contribution in [0, 0.1) is 6.92 Å². The Morgan fingerprint density at radius 1 is 1.00 bits per heavy atom. The second kappa shape index (κ2) is 7.90. The summed E-state index contributed by atoms with van der Waals surface area (Å²) >= 11 is 1.88. The van der Waals surface area contributed by atoms with Crippen LogP contribution in [0.5, 0.6) is 0 Å². The number of nitrogens with one attached hydrogen (secondary N) is 1. The van der Waals surface area contributed by atoms with Crippen LogP contribution in [-0.2, 0) is 6.54 Å². The predicted molar refractivity (Wildman–Crippen MR) is 113 cm³/mol. The molecule has 1 N–H and O–H groups in total. The highest BCUT2D eigenvalue weighted by Crippen LogP contribution is 2.26. The summed E-state index contributed by atoms with van der Waals surface area (Å²) in [5, 5.41) is 3.71. The predicted octanol–water partition coefficient (Wildman–Crippen LogP) is 3.69. The van der Waals surface area contributed by atoms with E-state index in [0.717, 1.165) is 38.4 Å². The maximum absolute atomic E-state index is 12.1. The summed E-state index contributed by atoms with van der Waals surface area (Å²) in [6, 6.07) is 13.6. The molecule has 0 atom stereocenters. The van der Waals surface area contributed by atoms with Crippen LogP contribution >= 0.6 is 11.3 Å². The van der Waals surface area contributed by atoms with Crippen molar-refractivity contribution in [3.8, 4) is 0 Å². The van der Waals surface area contributed by atoms with Gasteiger partial charge in [-0.2, -0.15) is 0 Å². The van der Waals surface area contributed by atoms with E-state index in [4.69, 9.17) is 0 Å². The van der Waals surface area contributed by atoms with E-state index >= 15 is 0 Å². The maximum Gasteiger partial charge on any atom is 0.324 e. The van der Waals surface area contributed by atoms with Crippen LogP contribution in [0.1, 0.15) is 22.6 Å². The molecule has 3 heterocycles. The lowest BCUT2D eigenvalue weighted by Gasteiger charge is -2.34. The molecular weight excluding hydrogens is 356 g/mol. The van der Waals surface area contributed by atoms with Gasteiger partial charge in [0.2, 0.25) is 0 Å². The second-order valence-corrected chi connectivity index (χ2v) is 8.90. The SMILES string of the molecule is Cc1ccc(CNC2CCN(c3ccc(N4CCN(C)C4=O)cc3)CC2)s1. The minimum Gasteiger partial charge on any atom is -0.371 e. The number of nitrogens with zero attached hydrogens (tertiary/aromatic N) is 3. The Bertz CT molecular complexity index is 780. The van der Waals surface area contributed by atoms with Gasteiger partial charge in [-0.1, -0.05) is 0 Å². The van der Waals surface area contributed by atoms with Crippen molar-refractivity contribution in [2.24, 2.45) is 0 Å². The molecule has 2 aliphatic heterocycles. The summed E-state index contributed by atoms with van der Waals surface area (Å²) in [7, 11) is 1.86. The van der Waals surface area contributed by atoms with Gasteiger partial charge in [0.05, 0.1) is 0 Å². The topological polar surface area (TPSA) is 38.8 Å². The molecule has 0 unspecified atom stereocenters. The van der Waals surface area contributed by atoms with Gasteiger partial charge in [-0.25, -0.2) is 4.79 Å². The number of hydrogen-bond donors (Lipinski definition) is 1. The third-order valence-corrected chi connectivity index (χ3v) is 6.60. The molecule has 144 valence electrons. The van der Waals surface area contributed by atoms with Crippen molar-refractivity contribution in [2.75, 3.05) is 43.0 Å². The molecule has 0 spiro atoms. The smallest absolute Gasteiger partial charge is 0.324 e. The molecule has 6 heteroatoms. The molecule has 2 amide bonds. The van der Waals surface area contributed by atoms with Crippen LogP contribution in [0.3, 0.4) is 0 Å². The van der Waals surface area contributed by atoms with Crippen molar-refractivity contribution in [1.82, 2.24) is 10.2 Å². The first-order valence-electron chi connectivity index (χ1n) is 9.76. The highest BCUT2D eigenvalue weighted by molar-refractivity contribution is 7.11. The fourth-order valence-electron chi connectivity index (χ4n) is 3.90. The maximum atomic E-state index is 12.1. The van der Waals surface area contributed by atoms with Crippen LogP contribution < -0.4 is 15.1 Å². The fraction of sp³-hybridized carbons (Fsp3) is 0.476. The molecule has 2 fully saturated rings. The number of likely N-dealkylation sites (N-methyl/N-ethyl adjacent to an activating group) is 1. The lowest BCUT2D eigenvalue weighted by atomic mass is 10.0. The van der Waals surface area contributed by atoms with Gasteiger partial charge in [-0.15, -0.1) is 11.3 Å². The molecule has 0 bridgehead atoms. The summed E-state index contributed by atoms with van der Waals surface area (Å²) in [4.78, 5) is 21.0. The van der Waals surface area contributed by atoms with Crippen molar-refractivity contribution < 1.29 is 4.79 Å². The van der Waals surface area contributed by atoms with Gasteiger partial charge >= 0.3 is 6.03 Å². The van der Waals surface area contributed by atoms with Crippen molar-refractivity contribution in [1.29, 1.82) is 0 Å². The normalized spacial score (nSPS) is 18.6. The highest BCUT2D eigenvalue weighted by Gasteiger charge is 2.26. The molecule has 27 heavy (non-hydrogen) atoms. The van der Waals surface area contributed by atoms with Crippen LogP contribution in [0.25, 0.3) is 0 Å². The number of thiophene rings is 1. The number of carbonyl (C=O) groups excluding carboxylic acids is 1. The van der Waals surface area contributed by atoms with E-state index < -0.39 is 0 Å². The number of urea groups is 1. The highest BCUT2D eigenvalue weighted by atomic mass is 32.1. The van der Waals surface area contributed by atoms with Crippen molar-refractivity contribution in [3.05, 3.63) is 46.2 Å². The van der Waals surface area contributed by atoms with Gasteiger partial charge < -0.3 is 15.1 Å². The lowest BCUT2D eigenvalue weighted by Crippen LogP contribution is -2.42. The quantitative estimate of drug-likeness (QED) is 0.855. The lowest BCUT2D eigenvalue weighted by molar-refractivity contribution is 0.229. The third-order valence-electron chi connectivity index (χ3n) is 5.60. The van der Waals surface area contributed by atoms with Gasteiger partial charge in [-0.05, 0) is 56.2 Å². The molecule has 4 rings (SSSR count). The summed E-state index contributed by atoms with van der Waals surface area (Å²) in [5.74, 6) is 0. The summed E-state index contributed by atoms with van der Waals surface area (Å²) in [6.07, 6.45) is 2.34. The zero-order valence-corrected chi connectivity index (χ0v) is 17.0. The van der Waals surface area contributed by atoms with E-state index in [1.54, 1.807) is 4.90 Å². The Labute approximate surface area is 165 Å². The Hall–Kier alpha value is -2.05. The number of hydrogen-bond acceptors (Lipinski definition) is 4. The van der Waals surface area contributed by atoms with Crippen LogP contribution in [-0.4, -0.2) is 50.2 Å². The Kier molecular flexibility index (Phi) is 5.36. The molecule has 0 radical (unpaired) electrons. The van der Waals surface area contributed by atoms with Gasteiger partial charge in [0.25, 0.3) is 0 Å². The third kappa shape index (κ3) is 4.12. The molecule has 2 aromatic rings. The van der Waals surface area contributed by atoms with Crippen LogP contribution in [0.2, 0.25) is 0 Å². The first kappa shape index (κ1) is 18.3. The number of piperidine rings is 1. The number of anilines is 2. The van der Waals surface area contributed by atoms with E-state index in [-0.39, 0.29) is 6.03 Å². The van der Waals surface area contributed by atoms with Gasteiger partial charge in [-0.3, -0.25) is 4.90 Å². The van der Waals surface area contributed by atoms with Gasteiger partial charge in [0.15, 0.2) is 0 Å². The van der Waals surface area contributed by atoms with Crippen molar-refractivity contribution in [3.63, 3.8) is 0 Å². The van der Waals surface area contributed by atoms with Crippen molar-refractivity contribution >= 4 is 28.7 Å². The molecule has 1 aromatic heterocycles. The average Bonchev–Trinajstić information content (AvgIpc) is 3.26. The second-order valence-electron chi connectivity index (χ2n) is 7.53. The number of amides is 2. The first-order valence-corrected chi connectivity index (χ1v) is 10.6. The minimum absolute atomic E-state index is 0.0931. The Morgan fingerprint density at radius 2 is 1.70 bits per heavy atom. The Morgan fingerprint density at radius 3 is 2.30 bits per heavy atom. The summed E-state index contributed by atoms with van der Waals surface area (Å²) in [5.41, 5.74) is 2.25. The first-order chi connectivity index (χ1) is 13.1. The zero-order valence-electron chi connectivity index (χ0n) is 16.1. The zero-order chi connectivity index (χ0) is 18.8. The molecule has 0 saturated carbocycles. The molecular formula is C21H28N4OS. The standard InChI is InChI=1S/C21H28N4OS/c1-16-3-8-20(27-16)15-22-17-9-11-24(12-10-17)18-4-6-19(7-5-18)25-14-13-23(2)21(25)26/h3-8,17,22H,9-15H2,1-2H3. The molecule has 2 aliphatic rings. The van der Waals surface area contributed by atoms with E-state index in [1.165, 1.54) is 28.3 Å². The van der Waals surface area contributed by atoms with E-state index in [9.17, 15) is 4.79 Å².